The molecule has 0 bridgehead atoms. The van der Waals surface area contributed by atoms with Gasteiger partial charge in [0.15, 0.2) is 16.6 Å². The molecule has 9 rings (SSSR count). The first-order valence-electron chi connectivity index (χ1n) is 19.4. The lowest BCUT2D eigenvalue weighted by Crippen LogP contribution is -2.30. The van der Waals surface area contributed by atoms with Gasteiger partial charge in [-0.3, -0.25) is 0 Å². The second-order valence-electron chi connectivity index (χ2n) is 15.7. The molecule has 1 aliphatic rings. The maximum Gasteiger partial charge on any atom is 0.298 e. The minimum Gasteiger partial charge on any atom is -0.455 e. The van der Waals surface area contributed by atoms with Crippen molar-refractivity contribution in [2.24, 2.45) is 7.05 Å². The summed E-state index contributed by atoms with van der Waals surface area (Å²) in [5.74, 6) is 0.671. The first-order valence-corrected chi connectivity index (χ1v) is 18.9. The lowest BCUT2D eigenvalue weighted by atomic mass is 9.83. The highest BCUT2D eigenvalue weighted by atomic mass is 16.3. The zero-order valence-electron chi connectivity index (χ0n) is 32.0. The summed E-state index contributed by atoms with van der Waals surface area (Å²) in [5, 5.41) is 2.27. The average Bonchev–Trinajstić information content (AvgIpc) is 3.69. The van der Waals surface area contributed by atoms with Gasteiger partial charge in [0.05, 0.1) is 7.05 Å². The van der Waals surface area contributed by atoms with Crippen LogP contribution in [0.3, 0.4) is 0 Å². The third-order valence-corrected chi connectivity index (χ3v) is 11.3. The number of aromatic nitrogens is 2. The summed E-state index contributed by atoms with van der Waals surface area (Å²) >= 11 is 0. The number of hydrogen-bond donors (Lipinski definition) is 0. The molecule has 3 nitrogen and oxygen atoms in total. The van der Waals surface area contributed by atoms with E-state index in [-0.39, 0.29) is 5.41 Å². The molecule has 0 saturated heterocycles. The van der Waals surface area contributed by atoms with Crippen LogP contribution in [-0.4, -0.2) is 4.57 Å². The highest BCUT2D eigenvalue weighted by Gasteiger charge is 2.33. The van der Waals surface area contributed by atoms with Crippen LogP contribution in [0.2, 0.25) is 0 Å². The fraction of sp³-hybridized carbons (Fsp3) is 0.245. The van der Waals surface area contributed by atoms with E-state index in [1.54, 1.807) is 0 Å². The second kappa shape index (κ2) is 12.7. The molecule has 3 heteroatoms. The van der Waals surface area contributed by atoms with Crippen molar-refractivity contribution in [3.05, 3.63) is 144 Å². The molecule has 2 heterocycles. The third-order valence-electron chi connectivity index (χ3n) is 11.3. The van der Waals surface area contributed by atoms with Gasteiger partial charge in [-0.15, -0.1) is 0 Å². The van der Waals surface area contributed by atoms with Gasteiger partial charge < -0.3 is 4.42 Å². The molecule has 0 spiro atoms. The summed E-state index contributed by atoms with van der Waals surface area (Å²) < 4.78 is 20.5. The van der Waals surface area contributed by atoms with Crippen molar-refractivity contribution in [3.63, 3.8) is 0 Å². The van der Waals surface area contributed by atoms with Gasteiger partial charge in [-0.2, -0.15) is 4.57 Å². The summed E-state index contributed by atoms with van der Waals surface area (Å²) in [4.78, 5) is 0. The van der Waals surface area contributed by atoms with Gasteiger partial charge in [-0.05, 0) is 94.8 Å². The van der Waals surface area contributed by atoms with Gasteiger partial charge in [-0.1, -0.05) is 137 Å². The fourth-order valence-electron chi connectivity index (χ4n) is 8.54. The molecule has 1 fully saturated rings. The Hall–Kier alpha value is -5.41. The highest BCUT2D eigenvalue weighted by Crippen LogP contribution is 2.42. The Morgan fingerprint density at radius 3 is 2.06 bits per heavy atom. The lowest BCUT2D eigenvalue weighted by Gasteiger charge is -2.23. The van der Waals surface area contributed by atoms with Crippen LogP contribution in [0.4, 0.5) is 0 Å². The molecule has 1 aliphatic carbocycles. The smallest absolute Gasteiger partial charge is 0.298 e. The van der Waals surface area contributed by atoms with Crippen LogP contribution in [-0.2, 0) is 12.5 Å². The number of hydrogen-bond acceptors (Lipinski definition) is 1. The molecule has 0 radical (unpaired) electrons. The minimum atomic E-state index is -0.428. The van der Waals surface area contributed by atoms with Crippen LogP contribution < -0.4 is 4.57 Å². The zero-order chi connectivity index (χ0) is 36.5. The first kappa shape index (κ1) is 31.3. The van der Waals surface area contributed by atoms with E-state index in [4.69, 9.17) is 5.79 Å². The number of benzene rings is 6. The summed E-state index contributed by atoms with van der Waals surface area (Å²) in [6.07, 6.45) is 5.51. The number of nitrogens with zero attached hydrogens (tertiary/aromatic N) is 2. The van der Waals surface area contributed by atoms with Gasteiger partial charge in [0, 0.05) is 17.7 Å². The Morgan fingerprint density at radius 1 is 0.692 bits per heavy atom. The van der Waals surface area contributed by atoms with E-state index in [0.29, 0.717) is 0 Å². The molecule has 0 N–H and O–H groups in total. The molecule has 6 aromatic carbocycles. The number of para-hydroxylation sites is 3. The number of aryl methyl sites for hydroxylation is 2. The number of imidazole rings is 1. The Labute approximate surface area is 308 Å². The quantitative estimate of drug-likeness (QED) is 0.166. The molecule has 0 amide bonds. The topological polar surface area (TPSA) is 21.9 Å². The van der Waals surface area contributed by atoms with Crippen molar-refractivity contribution >= 4 is 33.0 Å². The van der Waals surface area contributed by atoms with E-state index < -0.39 is 5.89 Å². The maximum absolute atomic E-state index is 9.04. The van der Waals surface area contributed by atoms with Crippen LogP contribution >= 0.6 is 0 Å². The van der Waals surface area contributed by atoms with Crippen molar-refractivity contribution in [1.82, 2.24) is 4.57 Å². The van der Waals surface area contributed by atoms with Crippen molar-refractivity contribution < 1.29 is 10.4 Å². The van der Waals surface area contributed by atoms with E-state index in [0.717, 1.165) is 70.1 Å². The van der Waals surface area contributed by atoms with E-state index >= 15 is 0 Å². The van der Waals surface area contributed by atoms with Crippen LogP contribution in [0.25, 0.3) is 72.3 Å². The fourth-order valence-corrected chi connectivity index (χ4v) is 8.54. The molecule has 258 valence electrons. The molecule has 52 heavy (non-hydrogen) atoms. The third kappa shape index (κ3) is 5.46. The van der Waals surface area contributed by atoms with Gasteiger partial charge in [0.25, 0.3) is 5.82 Å². The summed E-state index contributed by atoms with van der Waals surface area (Å²) in [6, 6.07) is 46.2. The second-order valence-corrected chi connectivity index (χ2v) is 15.7. The molecule has 1 saturated carbocycles. The SMILES string of the molecule is [2H]C1(c2ccc(-c3ccc(-c4ccc(-n5c(-c6c(C)ccc7c6oc6ccccc67)[n+](C)c6ccccc65)c(C(C)(C)C)c4)cc3)cc2)CCCCC1. The summed E-state index contributed by atoms with van der Waals surface area (Å²) in [7, 11) is 2.18. The Kier molecular flexibility index (Phi) is 7.63. The van der Waals surface area contributed by atoms with Gasteiger partial charge in [0.2, 0.25) is 0 Å². The van der Waals surface area contributed by atoms with E-state index in [1.165, 1.54) is 51.0 Å². The Balaban J connectivity index is 1.16. The molecule has 2 aromatic heterocycles. The Morgan fingerprint density at radius 2 is 1.33 bits per heavy atom. The van der Waals surface area contributed by atoms with Crippen molar-refractivity contribution in [2.75, 3.05) is 0 Å². The predicted molar refractivity (Wildman–Crippen MR) is 217 cm³/mol. The van der Waals surface area contributed by atoms with E-state index in [2.05, 4.69) is 165 Å². The van der Waals surface area contributed by atoms with E-state index in [9.17, 15) is 0 Å². The van der Waals surface area contributed by atoms with Crippen molar-refractivity contribution in [2.45, 2.75) is 71.1 Å². The molecule has 0 atom stereocenters. The molecular weight excluding hydrogens is 633 g/mol. The predicted octanol–water partition coefficient (Wildman–Crippen LogP) is 13.0. The average molecular weight is 681 g/mol. The van der Waals surface area contributed by atoms with Crippen LogP contribution in [0.5, 0.6) is 0 Å². The normalized spacial score (nSPS) is 15.1. The highest BCUT2D eigenvalue weighted by molar-refractivity contribution is 6.09. The van der Waals surface area contributed by atoms with Crippen LogP contribution in [0.1, 0.15) is 76.8 Å². The van der Waals surface area contributed by atoms with Crippen molar-refractivity contribution in [1.29, 1.82) is 0 Å². The minimum absolute atomic E-state index is 0.137. The zero-order valence-corrected chi connectivity index (χ0v) is 31.0. The van der Waals surface area contributed by atoms with Crippen LogP contribution in [0.15, 0.2) is 132 Å². The van der Waals surface area contributed by atoms with Gasteiger partial charge >= 0.3 is 0 Å². The number of fused-ring (bicyclic) bond motifs is 4. The first-order chi connectivity index (χ1) is 25.6. The monoisotopic (exact) mass is 680 g/mol. The summed E-state index contributed by atoms with van der Waals surface area (Å²) in [5.41, 5.74) is 14.7. The molecule has 0 aliphatic heterocycles. The molecular formula is C49H47N2O+. The number of rotatable bonds is 5. The largest absolute Gasteiger partial charge is 0.455 e. The Bertz CT molecular complexity index is 2650. The number of furan rings is 1. The summed E-state index contributed by atoms with van der Waals surface area (Å²) in [6.45, 7) is 9.13. The van der Waals surface area contributed by atoms with Gasteiger partial charge in [0.1, 0.15) is 16.8 Å². The molecule has 0 unspecified atom stereocenters. The van der Waals surface area contributed by atoms with E-state index in [1.807, 2.05) is 6.07 Å². The standard InChI is InChI=1S/C49H47N2O/c1-32-19-29-40-39-15-9-12-18-45(39)52-47(40)46(32)48-50(5)43-16-10-11-17-44(43)51(48)42-30-28-38(31-41(42)49(2,3)4)37-26-24-36(25-27-37)35-22-20-34(21-23-35)33-13-7-6-8-14-33/h9-12,15-31,33H,6-8,13-14H2,1-5H3/q+1/i33D. The van der Waals surface area contributed by atoms with Gasteiger partial charge in [-0.25, -0.2) is 4.57 Å². The van der Waals surface area contributed by atoms with Crippen LogP contribution in [0, 0.1) is 6.92 Å². The maximum atomic E-state index is 9.04. The molecule has 8 aromatic rings. The van der Waals surface area contributed by atoms with Crippen molar-refractivity contribution in [3.8, 4) is 39.3 Å². The lowest BCUT2D eigenvalue weighted by molar-refractivity contribution is -0.633.